The number of aliphatic carboxylic acids is 1. The fraction of sp³-hybridized carbons (Fsp3) is 0.529. The molecule has 0 saturated heterocycles. The van der Waals surface area contributed by atoms with Crippen LogP contribution in [0.2, 0.25) is 0 Å². The normalized spacial score (nSPS) is 11.9. The van der Waals surface area contributed by atoms with Crippen LogP contribution in [0.3, 0.4) is 0 Å². The van der Waals surface area contributed by atoms with E-state index in [0.29, 0.717) is 29.6 Å². The van der Waals surface area contributed by atoms with Gasteiger partial charge in [-0.05, 0) is 30.5 Å². The molecule has 7 nitrogen and oxygen atoms in total. The lowest BCUT2D eigenvalue weighted by atomic mass is 10.1. The number of benzene rings is 1. The van der Waals surface area contributed by atoms with E-state index in [2.05, 4.69) is 19.2 Å². The van der Waals surface area contributed by atoms with E-state index in [1.807, 2.05) is 0 Å². The van der Waals surface area contributed by atoms with E-state index in [1.165, 1.54) is 14.2 Å². The maximum absolute atomic E-state index is 12.1. The van der Waals surface area contributed by atoms with E-state index < -0.39 is 18.0 Å². The molecule has 2 N–H and O–H groups in total. The number of nitrogens with one attached hydrogen (secondary N) is 1. The van der Waals surface area contributed by atoms with Crippen LogP contribution in [0.4, 0.5) is 0 Å². The Kier molecular flexibility index (Phi) is 8.05. The van der Waals surface area contributed by atoms with Crippen LogP contribution < -0.4 is 14.8 Å². The van der Waals surface area contributed by atoms with E-state index in [9.17, 15) is 9.59 Å². The van der Waals surface area contributed by atoms with Gasteiger partial charge in [0.1, 0.15) is 0 Å². The third-order valence-electron chi connectivity index (χ3n) is 3.39. The summed E-state index contributed by atoms with van der Waals surface area (Å²) in [5, 5.41) is 11.4. The zero-order valence-corrected chi connectivity index (χ0v) is 14.5. The quantitative estimate of drug-likeness (QED) is 0.677. The minimum atomic E-state index is -1.13. The summed E-state index contributed by atoms with van der Waals surface area (Å²) in [6.07, 6.45) is -0.173. The van der Waals surface area contributed by atoms with Crippen molar-refractivity contribution in [3.05, 3.63) is 23.8 Å². The molecule has 1 aromatic carbocycles. The van der Waals surface area contributed by atoms with Crippen LogP contribution in [0.15, 0.2) is 18.2 Å². The summed E-state index contributed by atoms with van der Waals surface area (Å²) < 4.78 is 15.7. The van der Waals surface area contributed by atoms with Gasteiger partial charge in [-0.25, -0.2) is 4.79 Å². The highest BCUT2D eigenvalue weighted by Gasteiger charge is 2.18. The Bertz CT molecular complexity index is 558. The number of carboxylic acids is 1. The van der Waals surface area contributed by atoms with Crippen LogP contribution in [0.25, 0.3) is 0 Å². The number of amides is 1. The lowest BCUT2D eigenvalue weighted by molar-refractivity contribution is -0.148. The summed E-state index contributed by atoms with van der Waals surface area (Å²) in [5.41, 5.74) is 0.350. The minimum absolute atomic E-state index is 0.125. The Balaban J connectivity index is 2.71. The van der Waals surface area contributed by atoms with Gasteiger partial charge in [-0.2, -0.15) is 0 Å². The van der Waals surface area contributed by atoms with Crippen molar-refractivity contribution in [2.45, 2.75) is 26.4 Å². The molecule has 7 heteroatoms. The van der Waals surface area contributed by atoms with Crippen LogP contribution in [0.5, 0.6) is 11.5 Å². The number of carbonyl (C=O) groups is 2. The highest BCUT2D eigenvalue weighted by atomic mass is 16.5. The minimum Gasteiger partial charge on any atom is -0.493 e. The number of carboxylic acid groups (broad SMARTS) is 1. The molecule has 0 aliphatic rings. The van der Waals surface area contributed by atoms with E-state index in [1.54, 1.807) is 18.2 Å². The summed E-state index contributed by atoms with van der Waals surface area (Å²) in [6, 6.07) is 4.83. The van der Waals surface area contributed by atoms with Crippen molar-refractivity contribution >= 4 is 11.9 Å². The van der Waals surface area contributed by atoms with Gasteiger partial charge >= 0.3 is 5.97 Å². The molecule has 1 rings (SSSR count). The molecule has 1 amide bonds. The van der Waals surface area contributed by atoms with E-state index in [0.717, 1.165) is 6.42 Å². The zero-order valence-electron chi connectivity index (χ0n) is 14.5. The fourth-order valence-electron chi connectivity index (χ4n) is 1.89. The first-order valence-electron chi connectivity index (χ1n) is 7.73. The molecular weight excluding hydrogens is 314 g/mol. The van der Waals surface area contributed by atoms with Crippen LogP contribution >= 0.6 is 0 Å². The molecule has 0 aliphatic carbocycles. The molecule has 0 aromatic heterocycles. The van der Waals surface area contributed by atoms with Gasteiger partial charge in [0.05, 0.1) is 20.3 Å². The largest absolute Gasteiger partial charge is 0.493 e. The Hall–Kier alpha value is -2.28. The molecule has 1 atom stereocenters. The van der Waals surface area contributed by atoms with Crippen molar-refractivity contribution in [3.63, 3.8) is 0 Å². The zero-order chi connectivity index (χ0) is 18.1. The van der Waals surface area contributed by atoms with Gasteiger partial charge in [0.15, 0.2) is 17.6 Å². The topological polar surface area (TPSA) is 94.1 Å². The van der Waals surface area contributed by atoms with Crippen molar-refractivity contribution in [3.8, 4) is 11.5 Å². The predicted octanol–water partition coefficient (Wildman–Crippen LogP) is 1.95. The molecule has 0 fully saturated rings. The van der Waals surface area contributed by atoms with Crippen LogP contribution in [0.1, 0.15) is 30.6 Å². The lowest BCUT2D eigenvalue weighted by Gasteiger charge is -2.14. The molecule has 0 bridgehead atoms. The van der Waals surface area contributed by atoms with Crippen molar-refractivity contribution in [1.82, 2.24) is 5.32 Å². The SMILES string of the molecule is COc1cc(C(=O)NCC(OC)C(=O)O)ccc1OCCC(C)C. The van der Waals surface area contributed by atoms with E-state index >= 15 is 0 Å². The molecule has 0 aliphatic heterocycles. The van der Waals surface area contributed by atoms with Crippen molar-refractivity contribution < 1.29 is 28.9 Å². The number of hydrogen-bond acceptors (Lipinski definition) is 5. The monoisotopic (exact) mass is 339 g/mol. The first-order valence-corrected chi connectivity index (χ1v) is 7.73. The number of rotatable bonds is 10. The summed E-state index contributed by atoms with van der Waals surface area (Å²) in [7, 11) is 2.77. The number of carbonyl (C=O) groups excluding carboxylic acids is 1. The highest BCUT2D eigenvalue weighted by molar-refractivity contribution is 5.95. The van der Waals surface area contributed by atoms with E-state index in [-0.39, 0.29) is 6.54 Å². The average molecular weight is 339 g/mol. The van der Waals surface area contributed by atoms with E-state index in [4.69, 9.17) is 19.3 Å². The molecule has 1 unspecified atom stereocenters. The van der Waals surface area contributed by atoms with Gasteiger partial charge in [-0.3, -0.25) is 4.79 Å². The smallest absolute Gasteiger partial charge is 0.334 e. The average Bonchev–Trinajstić information content (AvgIpc) is 2.54. The number of ether oxygens (including phenoxy) is 3. The van der Waals surface area contributed by atoms with Crippen LogP contribution in [-0.4, -0.2) is 50.5 Å². The second kappa shape index (κ2) is 9.77. The summed E-state index contributed by atoms with van der Waals surface area (Å²) in [6.45, 7) is 4.66. The predicted molar refractivity (Wildman–Crippen MR) is 88.7 cm³/mol. The molecule has 0 spiro atoms. The molecular formula is C17H25NO6. The third kappa shape index (κ3) is 6.08. The number of hydrogen-bond donors (Lipinski definition) is 2. The van der Waals surface area contributed by atoms with Gasteiger partial charge in [0, 0.05) is 12.7 Å². The van der Waals surface area contributed by atoms with Crippen LogP contribution in [0, 0.1) is 5.92 Å². The summed E-state index contributed by atoms with van der Waals surface area (Å²) >= 11 is 0. The standard InChI is InChI=1S/C17H25NO6/c1-11(2)7-8-24-13-6-5-12(9-14(13)22-3)16(19)18-10-15(23-4)17(20)21/h5-6,9,11,15H,7-8,10H2,1-4H3,(H,18,19)(H,20,21). The second-order valence-corrected chi connectivity index (χ2v) is 5.67. The maximum atomic E-state index is 12.1. The summed E-state index contributed by atoms with van der Waals surface area (Å²) in [5.74, 6) is 0.00144. The fourth-order valence-corrected chi connectivity index (χ4v) is 1.89. The third-order valence-corrected chi connectivity index (χ3v) is 3.39. The molecule has 0 radical (unpaired) electrons. The first-order chi connectivity index (χ1) is 11.4. The molecule has 1 aromatic rings. The Labute approximate surface area is 141 Å². The Morgan fingerprint density at radius 2 is 1.92 bits per heavy atom. The van der Waals surface area contributed by atoms with Gasteiger partial charge in [0.25, 0.3) is 5.91 Å². The lowest BCUT2D eigenvalue weighted by Crippen LogP contribution is -2.37. The molecule has 0 heterocycles. The maximum Gasteiger partial charge on any atom is 0.334 e. The van der Waals surface area contributed by atoms with Gasteiger partial charge < -0.3 is 24.6 Å². The molecule has 0 saturated carbocycles. The van der Waals surface area contributed by atoms with Gasteiger partial charge in [-0.1, -0.05) is 13.8 Å². The molecule has 24 heavy (non-hydrogen) atoms. The van der Waals surface area contributed by atoms with Crippen LogP contribution in [-0.2, 0) is 9.53 Å². The molecule has 134 valence electrons. The van der Waals surface area contributed by atoms with Crippen molar-refractivity contribution in [1.29, 1.82) is 0 Å². The highest BCUT2D eigenvalue weighted by Crippen LogP contribution is 2.28. The first kappa shape index (κ1) is 19.8. The Morgan fingerprint density at radius 1 is 1.21 bits per heavy atom. The Morgan fingerprint density at radius 3 is 2.46 bits per heavy atom. The van der Waals surface area contributed by atoms with Gasteiger partial charge in [0.2, 0.25) is 0 Å². The number of methoxy groups -OCH3 is 2. The second-order valence-electron chi connectivity index (χ2n) is 5.67. The van der Waals surface area contributed by atoms with Crippen molar-refractivity contribution in [2.75, 3.05) is 27.4 Å². The van der Waals surface area contributed by atoms with Gasteiger partial charge in [-0.15, -0.1) is 0 Å². The van der Waals surface area contributed by atoms with Crippen molar-refractivity contribution in [2.24, 2.45) is 5.92 Å². The summed E-state index contributed by atoms with van der Waals surface area (Å²) in [4.78, 5) is 23.0.